The number of hydrogen-bond donors (Lipinski definition) is 0. The molecule has 2 aliphatic rings. The third-order valence-electron chi connectivity index (χ3n) is 3.87. The van der Waals surface area contributed by atoms with E-state index in [0.717, 1.165) is 12.8 Å². The van der Waals surface area contributed by atoms with Crippen LogP contribution in [0.5, 0.6) is 0 Å². The van der Waals surface area contributed by atoms with Crippen LogP contribution in [0.25, 0.3) is 0 Å². The predicted octanol–water partition coefficient (Wildman–Crippen LogP) is 3.17. The number of halogens is 1. The fraction of sp³-hybridized carbons (Fsp3) is 1.00. The summed E-state index contributed by atoms with van der Waals surface area (Å²) in [7, 11) is -2.07. The topological polar surface area (TPSA) is 29.4 Å². The Morgan fingerprint density at radius 1 is 1.25 bits per heavy atom. The molecule has 0 atom stereocenters. The molecule has 0 spiro atoms. The van der Waals surface area contributed by atoms with E-state index in [-0.39, 0.29) is 5.41 Å². The van der Waals surface area contributed by atoms with Gasteiger partial charge in [0.25, 0.3) is 0 Å². The van der Waals surface area contributed by atoms with Crippen LogP contribution in [0, 0.1) is 5.41 Å². The Hall–Kier alpha value is -0.120. The molecule has 1 heterocycles. The summed E-state index contributed by atoms with van der Waals surface area (Å²) < 4.78 is 31.3. The van der Waals surface area contributed by atoms with Crippen molar-refractivity contribution >= 4 is 9.73 Å². The Bertz CT molecular complexity index is 372. The van der Waals surface area contributed by atoms with Crippen molar-refractivity contribution in [2.75, 3.05) is 11.5 Å². The van der Waals surface area contributed by atoms with Gasteiger partial charge in [-0.05, 0) is 31.1 Å². The van der Waals surface area contributed by atoms with Crippen molar-refractivity contribution < 1.29 is 8.60 Å². The highest BCUT2D eigenvalue weighted by Crippen LogP contribution is 2.43. The molecule has 1 aliphatic heterocycles. The molecule has 0 aromatic rings. The maximum atomic E-state index is 14.6. The van der Waals surface area contributed by atoms with E-state index in [1.165, 1.54) is 0 Å². The second-order valence-electron chi connectivity index (χ2n) is 6.23. The summed E-state index contributed by atoms with van der Waals surface area (Å²) in [4.78, 5) is 0. The summed E-state index contributed by atoms with van der Waals surface area (Å²) in [6.07, 6.45) is 2.98. The van der Waals surface area contributed by atoms with Crippen LogP contribution in [0.3, 0.4) is 0 Å². The molecular formula is C12H22FNOS. The van der Waals surface area contributed by atoms with E-state index in [0.29, 0.717) is 30.4 Å². The molecule has 1 saturated carbocycles. The molecule has 2 rings (SSSR count). The fourth-order valence-electron chi connectivity index (χ4n) is 2.18. The molecule has 94 valence electrons. The van der Waals surface area contributed by atoms with Crippen molar-refractivity contribution in [3.05, 3.63) is 0 Å². The summed E-state index contributed by atoms with van der Waals surface area (Å²) >= 11 is 0. The van der Waals surface area contributed by atoms with Crippen molar-refractivity contribution in [3.8, 4) is 0 Å². The third kappa shape index (κ3) is 2.41. The molecule has 1 saturated heterocycles. The van der Waals surface area contributed by atoms with Gasteiger partial charge in [-0.1, -0.05) is 20.8 Å². The summed E-state index contributed by atoms with van der Waals surface area (Å²) in [5, 5.41) is 0. The van der Waals surface area contributed by atoms with Crippen LogP contribution in [0.15, 0.2) is 4.36 Å². The summed E-state index contributed by atoms with van der Waals surface area (Å²) in [6, 6.07) is 0.328. The van der Waals surface area contributed by atoms with E-state index >= 15 is 0 Å². The lowest BCUT2D eigenvalue weighted by Crippen LogP contribution is -2.45. The summed E-state index contributed by atoms with van der Waals surface area (Å²) in [5.41, 5.74) is -1.51. The van der Waals surface area contributed by atoms with Crippen molar-refractivity contribution in [2.24, 2.45) is 9.78 Å². The molecular weight excluding hydrogens is 225 g/mol. The van der Waals surface area contributed by atoms with Gasteiger partial charge in [0, 0.05) is 21.2 Å². The predicted molar refractivity (Wildman–Crippen MR) is 65.9 cm³/mol. The first-order valence-electron chi connectivity index (χ1n) is 6.15. The largest absolute Gasteiger partial charge is 0.250 e. The van der Waals surface area contributed by atoms with Crippen LogP contribution in [0.2, 0.25) is 0 Å². The maximum Gasteiger partial charge on any atom is 0.117 e. The first-order chi connectivity index (χ1) is 7.24. The van der Waals surface area contributed by atoms with Gasteiger partial charge in [0.2, 0.25) is 0 Å². The SMILES string of the molecule is CC(C)(C)C1(F)CCS(=O)(=NC2CC2)CC1. The molecule has 0 unspecified atom stereocenters. The Kier molecular flexibility index (Phi) is 2.84. The molecule has 2 fully saturated rings. The molecule has 0 amide bonds. The Balaban J connectivity index is 2.09. The maximum absolute atomic E-state index is 14.6. The van der Waals surface area contributed by atoms with Crippen LogP contribution in [-0.4, -0.2) is 27.4 Å². The molecule has 0 aromatic heterocycles. The van der Waals surface area contributed by atoms with Gasteiger partial charge in [0.05, 0.1) is 6.04 Å². The van der Waals surface area contributed by atoms with E-state index in [2.05, 4.69) is 4.36 Å². The van der Waals surface area contributed by atoms with Crippen LogP contribution in [0.4, 0.5) is 4.39 Å². The van der Waals surface area contributed by atoms with Crippen LogP contribution < -0.4 is 0 Å². The Morgan fingerprint density at radius 2 is 1.75 bits per heavy atom. The zero-order valence-electron chi connectivity index (χ0n) is 10.5. The van der Waals surface area contributed by atoms with Crippen LogP contribution >= 0.6 is 0 Å². The van der Waals surface area contributed by atoms with Gasteiger partial charge in [-0.2, -0.15) is 0 Å². The minimum Gasteiger partial charge on any atom is -0.250 e. The Morgan fingerprint density at radius 3 is 2.12 bits per heavy atom. The van der Waals surface area contributed by atoms with Gasteiger partial charge in [-0.3, -0.25) is 0 Å². The van der Waals surface area contributed by atoms with Crippen molar-refractivity contribution in [2.45, 2.75) is 58.2 Å². The van der Waals surface area contributed by atoms with Crippen LogP contribution in [0.1, 0.15) is 46.5 Å². The molecule has 4 heteroatoms. The normalized spacial score (nSPS) is 40.8. The lowest BCUT2D eigenvalue weighted by molar-refractivity contribution is 0.0200. The molecule has 0 bridgehead atoms. The highest BCUT2D eigenvalue weighted by atomic mass is 32.2. The van der Waals surface area contributed by atoms with Gasteiger partial charge in [0.1, 0.15) is 5.67 Å². The highest BCUT2D eigenvalue weighted by Gasteiger charge is 2.46. The van der Waals surface area contributed by atoms with Crippen LogP contribution in [-0.2, 0) is 9.73 Å². The minimum absolute atomic E-state index is 0.328. The number of alkyl halides is 1. The molecule has 2 nitrogen and oxygen atoms in total. The molecule has 16 heavy (non-hydrogen) atoms. The second kappa shape index (κ2) is 3.69. The van der Waals surface area contributed by atoms with Crippen molar-refractivity contribution in [1.82, 2.24) is 0 Å². The third-order valence-corrected chi connectivity index (χ3v) is 6.23. The first-order valence-corrected chi connectivity index (χ1v) is 8.00. The second-order valence-corrected chi connectivity index (χ2v) is 8.81. The monoisotopic (exact) mass is 247 g/mol. The lowest BCUT2D eigenvalue weighted by Gasteiger charge is -2.41. The number of hydrogen-bond acceptors (Lipinski definition) is 2. The molecule has 0 N–H and O–H groups in total. The van der Waals surface area contributed by atoms with Gasteiger partial charge < -0.3 is 0 Å². The number of nitrogens with zero attached hydrogens (tertiary/aromatic N) is 1. The van der Waals surface area contributed by atoms with E-state index in [1.54, 1.807) is 0 Å². The summed E-state index contributed by atoms with van der Waals surface area (Å²) in [5.74, 6) is 0.911. The zero-order chi connectivity index (χ0) is 12.0. The average molecular weight is 247 g/mol. The lowest BCUT2D eigenvalue weighted by atomic mass is 9.74. The standard InChI is InChI=1S/C12H22FNOS/c1-11(2,3)12(13)6-8-16(15,9-7-12)14-10-4-5-10/h10H,4-9H2,1-3H3. The smallest absolute Gasteiger partial charge is 0.117 e. The molecule has 0 radical (unpaired) electrons. The Labute approximate surface area is 98.2 Å². The van der Waals surface area contributed by atoms with Gasteiger partial charge in [0.15, 0.2) is 0 Å². The number of rotatable bonds is 1. The minimum atomic E-state index is -2.07. The summed E-state index contributed by atoms with van der Waals surface area (Å²) in [6.45, 7) is 5.79. The average Bonchev–Trinajstić information content (AvgIpc) is 2.93. The van der Waals surface area contributed by atoms with Crippen molar-refractivity contribution in [1.29, 1.82) is 0 Å². The highest BCUT2D eigenvalue weighted by molar-refractivity contribution is 7.93. The van der Waals surface area contributed by atoms with E-state index in [9.17, 15) is 8.60 Å². The van der Waals surface area contributed by atoms with E-state index < -0.39 is 15.4 Å². The quantitative estimate of drug-likeness (QED) is 0.700. The first kappa shape index (κ1) is 12.3. The van der Waals surface area contributed by atoms with Gasteiger partial charge >= 0.3 is 0 Å². The molecule has 0 aromatic carbocycles. The van der Waals surface area contributed by atoms with E-state index in [4.69, 9.17) is 0 Å². The fourth-order valence-corrected chi connectivity index (χ4v) is 4.63. The van der Waals surface area contributed by atoms with E-state index in [1.807, 2.05) is 20.8 Å². The van der Waals surface area contributed by atoms with Gasteiger partial charge in [-0.25, -0.2) is 13.0 Å². The molecule has 1 aliphatic carbocycles. The van der Waals surface area contributed by atoms with Gasteiger partial charge in [-0.15, -0.1) is 0 Å². The van der Waals surface area contributed by atoms with Crippen molar-refractivity contribution in [3.63, 3.8) is 0 Å². The zero-order valence-corrected chi connectivity index (χ0v) is 11.3.